The summed E-state index contributed by atoms with van der Waals surface area (Å²) in [5.74, 6) is -1.92. The second-order valence-corrected chi connectivity index (χ2v) is 10.7. The number of benzene rings is 3. The van der Waals surface area contributed by atoms with E-state index in [1.165, 1.54) is 5.56 Å². The number of nitrogens with one attached hydrogen (secondary N) is 1. The van der Waals surface area contributed by atoms with Crippen LogP contribution in [-0.2, 0) is 10.2 Å². The summed E-state index contributed by atoms with van der Waals surface area (Å²) in [6.45, 7) is 7.40. The number of hydrogen-bond acceptors (Lipinski definition) is 4. The second kappa shape index (κ2) is 11.9. The predicted molar refractivity (Wildman–Crippen MR) is 148 cm³/mol. The molecule has 5 rings (SSSR count). The van der Waals surface area contributed by atoms with E-state index in [1.807, 2.05) is 60.7 Å². The van der Waals surface area contributed by atoms with Crippen LogP contribution in [0, 0.1) is 0 Å². The number of alkyl halides is 3. The number of likely N-dealkylation sites (tertiary alicyclic amines) is 1. The quantitative estimate of drug-likeness (QED) is 0.350. The molecule has 0 aromatic heterocycles. The molecule has 40 heavy (non-hydrogen) atoms. The van der Waals surface area contributed by atoms with Crippen LogP contribution >= 0.6 is 11.6 Å². The maximum absolute atomic E-state index is 12.9. The third kappa shape index (κ3) is 6.77. The molecular formula is C30H30ClF3N2O4. The zero-order valence-electron chi connectivity index (χ0n) is 22.1. The Morgan fingerprint density at radius 2 is 1.65 bits per heavy atom. The number of amides is 1. The first-order valence-electron chi connectivity index (χ1n) is 12.9. The number of nitrogens with zero attached hydrogens (tertiary/aromatic N) is 1. The molecular weight excluding hydrogens is 545 g/mol. The van der Waals surface area contributed by atoms with Gasteiger partial charge in [-0.3, -0.25) is 4.79 Å². The largest absolute Gasteiger partial charge is 0.492 e. The van der Waals surface area contributed by atoms with Gasteiger partial charge in [0.1, 0.15) is 5.75 Å². The normalized spacial score (nSPS) is 16.1. The fourth-order valence-corrected chi connectivity index (χ4v) is 5.20. The molecule has 0 saturated carbocycles. The number of carbonyl (C=O) groups is 2. The van der Waals surface area contributed by atoms with Crippen LogP contribution in [0.3, 0.4) is 0 Å². The molecule has 2 aliphatic heterocycles. The molecule has 1 saturated heterocycles. The zero-order chi connectivity index (χ0) is 29.1. The molecule has 2 heterocycles. The third-order valence-corrected chi connectivity index (χ3v) is 7.58. The van der Waals surface area contributed by atoms with Gasteiger partial charge in [0.2, 0.25) is 0 Å². The molecule has 0 bridgehead atoms. The summed E-state index contributed by atoms with van der Waals surface area (Å²) in [6.07, 6.45) is -2.92. The molecule has 3 aromatic carbocycles. The number of halogens is 4. The van der Waals surface area contributed by atoms with Crippen molar-refractivity contribution in [3.63, 3.8) is 0 Å². The van der Waals surface area contributed by atoms with Crippen molar-refractivity contribution >= 4 is 29.2 Å². The van der Waals surface area contributed by atoms with Gasteiger partial charge in [-0.05, 0) is 93.4 Å². The van der Waals surface area contributed by atoms with Crippen molar-refractivity contribution in [1.82, 2.24) is 4.90 Å². The lowest BCUT2D eigenvalue weighted by Gasteiger charge is -2.40. The van der Waals surface area contributed by atoms with E-state index >= 15 is 0 Å². The zero-order valence-corrected chi connectivity index (χ0v) is 22.9. The van der Waals surface area contributed by atoms with Gasteiger partial charge in [0.15, 0.2) is 0 Å². The number of fused-ring (bicyclic) bond motifs is 2. The number of rotatable bonds is 4. The van der Waals surface area contributed by atoms with Crippen molar-refractivity contribution in [2.75, 3.05) is 25.0 Å². The van der Waals surface area contributed by atoms with Gasteiger partial charge in [0, 0.05) is 33.3 Å². The Kier molecular flexibility index (Phi) is 8.75. The topological polar surface area (TPSA) is 78.9 Å². The fraction of sp³-hybridized carbons (Fsp3) is 0.333. The fourth-order valence-electron chi connectivity index (χ4n) is 5.01. The molecule has 0 atom stereocenters. The third-order valence-electron chi connectivity index (χ3n) is 7.35. The molecule has 10 heteroatoms. The molecule has 0 radical (unpaired) electrons. The predicted octanol–water partition coefficient (Wildman–Crippen LogP) is 7.03. The summed E-state index contributed by atoms with van der Waals surface area (Å²) in [7, 11) is 0. The molecule has 212 valence electrons. The van der Waals surface area contributed by atoms with Crippen LogP contribution in [0.1, 0.15) is 42.6 Å². The van der Waals surface area contributed by atoms with Crippen molar-refractivity contribution in [1.29, 1.82) is 0 Å². The van der Waals surface area contributed by atoms with E-state index in [9.17, 15) is 18.0 Å². The number of piperidine rings is 1. The summed E-state index contributed by atoms with van der Waals surface area (Å²) in [5, 5.41) is 10.9. The Labute approximate surface area is 235 Å². The summed E-state index contributed by atoms with van der Waals surface area (Å²) in [6, 6.07) is 21.9. The van der Waals surface area contributed by atoms with E-state index in [1.54, 1.807) is 0 Å². The van der Waals surface area contributed by atoms with Crippen molar-refractivity contribution in [3.05, 3.63) is 82.9 Å². The number of anilines is 1. The van der Waals surface area contributed by atoms with Crippen LogP contribution in [0.2, 0.25) is 5.02 Å². The van der Waals surface area contributed by atoms with Gasteiger partial charge in [-0.1, -0.05) is 35.9 Å². The van der Waals surface area contributed by atoms with Crippen LogP contribution in [0.25, 0.3) is 11.1 Å². The maximum atomic E-state index is 12.9. The average molecular weight is 575 g/mol. The molecule has 1 fully saturated rings. The molecule has 3 aromatic rings. The average Bonchev–Trinajstić information content (AvgIpc) is 3.26. The summed E-state index contributed by atoms with van der Waals surface area (Å²) >= 11 is 6.11. The maximum Gasteiger partial charge on any atom is 0.490 e. The number of hydrogen-bond donors (Lipinski definition) is 2. The van der Waals surface area contributed by atoms with E-state index in [2.05, 4.69) is 30.1 Å². The lowest BCUT2D eigenvalue weighted by Crippen LogP contribution is -2.46. The van der Waals surface area contributed by atoms with E-state index < -0.39 is 12.1 Å². The van der Waals surface area contributed by atoms with Crippen LogP contribution in [0.4, 0.5) is 18.9 Å². The standard InChI is InChI=1S/C28H29ClN2O2.C2HF3O2/c1-19(2)31-14-12-28(13-15-31)18-33-26-11-10-24(17-25(26)28)30-27(32)21-8-6-20(7-9-21)22-4-3-5-23(29)16-22;3-2(4,5)1(6)7/h3-11,16-17,19H,12-15,18H2,1-2H3,(H,30,32);(H,6,7). The molecule has 6 nitrogen and oxygen atoms in total. The molecule has 2 N–H and O–H groups in total. The Hall–Kier alpha value is -3.56. The summed E-state index contributed by atoms with van der Waals surface area (Å²) in [5.41, 5.74) is 4.78. The smallest absolute Gasteiger partial charge is 0.490 e. The SMILES string of the molecule is CC(C)N1CCC2(CC1)COc1ccc(NC(=O)c3ccc(-c4cccc(Cl)c4)cc3)cc12.O=C(O)C(F)(F)F. The van der Waals surface area contributed by atoms with Crippen molar-refractivity contribution < 1.29 is 32.6 Å². The Balaban J connectivity index is 0.000000470. The van der Waals surface area contributed by atoms with Gasteiger partial charge < -0.3 is 20.1 Å². The first-order valence-corrected chi connectivity index (χ1v) is 13.2. The van der Waals surface area contributed by atoms with E-state index in [0.717, 1.165) is 55.1 Å². The van der Waals surface area contributed by atoms with Crippen LogP contribution < -0.4 is 10.1 Å². The molecule has 2 aliphatic rings. The number of carboxylic acids is 1. The Bertz CT molecular complexity index is 1370. The van der Waals surface area contributed by atoms with Gasteiger partial charge in [-0.2, -0.15) is 13.2 Å². The van der Waals surface area contributed by atoms with Crippen LogP contribution in [0.15, 0.2) is 66.7 Å². The van der Waals surface area contributed by atoms with Crippen molar-refractivity contribution in [2.45, 2.75) is 44.3 Å². The van der Waals surface area contributed by atoms with Gasteiger partial charge in [-0.25, -0.2) is 4.79 Å². The Morgan fingerprint density at radius 3 is 2.23 bits per heavy atom. The lowest BCUT2D eigenvalue weighted by atomic mass is 9.74. The summed E-state index contributed by atoms with van der Waals surface area (Å²) < 4.78 is 37.8. The highest BCUT2D eigenvalue weighted by Crippen LogP contribution is 2.46. The number of carbonyl (C=O) groups excluding carboxylic acids is 1. The lowest BCUT2D eigenvalue weighted by molar-refractivity contribution is -0.192. The number of aliphatic carboxylic acids is 1. The van der Waals surface area contributed by atoms with Gasteiger partial charge >= 0.3 is 12.1 Å². The molecule has 0 aliphatic carbocycles. The highest BCUT2D eigenvalue weighted by atomic mass is 35.5. The number of carboxylic acid groups (broad SMARTS) is 1. The minimum atomic E-state index is -5.08. The Morgan fingerprint density at radius 1 is 1.00 bits per heavy atom. The van der Waals surface area contributed by atoms with E-state index in [4.69, 9.17) is 26.2 Å². The molecule has 1 spiro atoms. The van der Waals surface area contributed by atoms with Gasteiger partial charge in [-0.15, -0.1) is 0 Å². The highest BCUT2D eigenvalue weighted by molar-refractivity contribution is 6.30. The van der Waals surface area contributed by atoms with E-state index in [-0.39, 0.29) is 11.3 Å². The molecule has 1 amide bonds. The highest BCUT2D eigenvalue weighted by Gasteiger charge is 2.43. The van der Waals surface area contributed by atoms with Crippen LogP contribution in [-0.4, -0.2) is 53.8 Å². The summed E-state index contributed by atoms with van der Waals surface area (Å²) in [4.78, 5) is 24.4. The minimum Gasteiger partial charge on any atom is -0.492 e. The monoisotopic (exact) mass is 574 g/mol. The van der Waals surface area contributed by atoms with Crippen molar-refractivity contribution in [2.24, 2.45) is 0 Å². The van der Waals surface area contributed by atoms with Crippen LogP contribution in [0.5, 0.6) is 5.75 Å². The first kappa shape index (κ1) is 29.4. The minimum absolute atomic E-state index is 0.0556. The van der Waals surface area contributed by atoms with Gasteiger partial charge in [0.25, 0.3) is 5.91 Å². The second-order valence-electron chi connectivity index (χ2n) is 10.3. The molecule has 0 unspecified atom stereocenters. The van der Waals surface area contributed by atoms with Gasteiger partial charge in [0.05, 0.1) is 6.61 Å². The first-order chi connectivity index (χ1) is 18.9. The van der Waals surface area contributed by atoms with Crippen molar-refractivity contribution in [3.8, 4) is 16.9 Å². The van der Waals surface area contributed by atoms with E-state index in [0.29, 0.717) is 16.6 Å². The number of ether oxygens (including phenoxy) is 1.